The zero-order valence-corrected chi connectivity index (χ0v) is 14.0. The van der Waals surface area contributed by atoms with E-state index in [2.05, 4.69) is 12.2 Å². The van der Waals surface area contributed by atoms with Gasteiger partial charge >= 0.3 is 12.1 Å². The number of carbonyl (C=O) groups excluding carboxylic acids is 1. The summed E-state index contributed by atoms with van der Waals surface area (Å²) in [5.41, 5.74) is -0.775. The van der Waals surface area contributed by atoms with E-state index in [1.807, 2.05) is 20.8 Å². The van der Waals surface area contributed by atoms with E-state index in [0.717, 1.165) is 25.9 Å². The summed E-state index contributed by atoms with van der Waals surface area (Å²) in [7, 11) is 0. The molecule has 2 aliphatic heterocycles. The number of hydrogen-bond donors (Lipinski definition) is 2. The van der Waals surface area contributed by atoms with Gasteiger partial charge in [0.2, 0.25) is 0 Å². The number of carbonyl (C=O) groups is 2. The van der Waals surface area contributed by atoms with Crippen LogP contribution in [0.2, 0.25) is 0 Å². The molecule has 2 fully saturated rings. The van der Waals surface area contributed by atoms with Gasteiger partial charge in [0.15, 0.2) is 0 Å². The summed E-state index contributed by atoms with van der Waals surface area (Å²) >= 11 is 0. The Morgan fingerprint density at radius 3 is 2.55 bits per heavy atom. The van der Waals surface area contributed by atoms with Crippen LogP contribution in [-0.2, 0) is 9.53 Å². The Hall–Kier alpha value is -1.30. The van der Waals surface area contributed by atoms with E-state index in [1.54, 1.807) is 4.90 Å². The number of piperidine rings is 2. The van der Waals surface area contributed by atoms with E-state index in [4.69, 9.17) is 4.74 Å². The van der Waals surface area contributed by atoms with Gasteiger partial charge in [-0.2, -0.15) is 0 Å². The number of aliphatic carboxylic acids is 1. The van der Waals surface area contributed by atoms with Gasteiger partial charge in [-0.25, -0.2) is 4.79 Å². The van der Waals surface area contributed by atoms with Crippen molar-refractivity contribution in [3.8, 4) is 0 Å². The highest BCUT2D eigenvalue weighted by atomic mass is 16.6. The van der Waals surface area contributed by atoms with Crippen molar-refractivity contribution in [3.63, 3.8) is 0 Å². The van der Waals surface area contributed by atoms with Crippen molar-refractivity contribution in [2.24, 2.45) is 17.3 Å². The van der Waals surface area contributed by atoms with Gasteiger partial charge in [0.05, 0.1) is 5.92 Å². The van der Waals surface area contributed by atoms with Crippen LogP contribution in [0.5, 0.6) is 0 Å². The zero-order chi connectivity index (χ0) is 16.5. The number of hydrogen-bond acceptors (Lipinski definition) is 4. The number of ether oxygens (including phenoxy) is 1. The molecule has 22 heavy (non-hydrogen) atoms. The minimum absolute atomic E-state index is 0.213. The second-order valence-corrected chi connectivity index (χ2v) is 7.66. The highest BCUT2D eigenvalue weighted by molar-refractivity contribution is 5.74. The first-order chi connectivity index (χ1) is 10.2. The second-order valence-electron chi connectivity index (χ2n) is 7.66. The van der Waals surface area contributed by atoms with Crippen LogP contribution in [0.3, 0.4) is 0 Å². The first-order valence-electron chi connectivity index (χ1n) is 8.07. The fourth-order valence-electron chi connectivity index (χ4n) is 3.81. The molecular weight excluding hydrogens is 284 g/mol. The van der Waals surface area contributed by atoms with E-state index in [0.29, 0.717) is 12.5 Å². The highest BCUT2D eigenvalue weighted by Gasteiger charge is 2.51. The van der Waals surface area contributed by atoms with E-state index >= 15 is 0 Å². The Morgan fingerprint density at radius 1 is 1.32 bits per heavy atom. The van der Waals surface area contributed by atoms with Crippen LogP contribution in [-0.4, -0.2) is 53.8 Å². The van der Waals surface area contributed by atoms with Crippen LogP contribution < -0.4 is 5.32 Å². The van der Waals surface area contributed by atoms with Gasteiger partial charge < -0.3 is 20.1 Å². The maximum absolute atomic E-state index is 12.2. The molecule has 2 heterocycles. The third-order valence-corrected chi connectivity index (χ3v) is 5.09. The molecule has 0 saturated carbocycles. The third kappa shape index (κ3) is 3.37. The van der Waals surface area contributed by atoms with Crippen LogP contribution >= 0.6 is 0 Å². The predicted octanol–water partition coefficient (Wildman–Crippen LogP) is 1.94. The molecule has 2 saturated heterocycles. The number of rotatable bonds is 1. The van der Waals surface area contributed by atoms with Gasteiger partial charge in [0.1, 0.15) is 5.60 Å². The van der Waals surface area contributed by atoms with E-state index < -0.39 is 23.6 Å². The molecule has 6 nitrogen and oxygen atoms in total. The zero-order valence-electron chi connectivity index (χ0n) is 14.0. The summed E-state index contributed by atoms with van der Waals surface area (Å²) in [6.07, 6.45) is 1.18. The molecule has 0 aliphatic carbocycles. The number of likely N-dealkylation sites (tertiary alicyclic amines) is 1. The first-order valence-corrected chi connectivity index (χ1v) is 8.07. The lowest BCUT2D eigenvalue weighted by molar-refractivity contribution is -0.154. The van der Waals surface area contributed by atoms with Crippen LogP contribution in [0.1, 0.15) is 40.5 Å². The molecule has 0 aromatic rings. The van der Waals surface area contributed by atoms with Crippen molar-refractivity contribution in [1.82, 2.24) is 10.2 Å². The topological polar surface area (TPSA) is 78.9 Å². The highest BCUT2D eigenvalue weighted by Crippen LogP contribution is 2.47. The summed E-state index contributed by atoms with van der Waals surface area (Å²) in [5, 5.41) is 13.0. The molecule has 1 spiro atoms. The number of carboxylic acid groups (broad SMARTS) is 1. The van der Waals surface area contributed by atoms with Crippen LogP contribution in [0.25, 0.3) is 0 Å². The quantitative estimate of drug-likeness (QED) is 0.773. The standard InChI is InChI=1S/C16H28N2O4/c1-11-9-17-7-5-16(11)6-8-18(10-12(16)13(19)20)14(21)22-15(2,3)4/h11-12,17H,5-10H2,1-4H3,(H,19,20). The van der Waals surface area contributed by atoms with Crippen LogP contribution in [0.4, 0.5) is 4.79 Å². The van der Waals surface area contributed by atoms with E-state index in [-0.39, 0.29) is 12.0 Å². The molecule has 0 aromatic heterocycles. The van der Waals surface area contributed by atoms with Crippen molar-refractivity contribution in [3.05, 3.63) is 0 Å². The minimum Gasteiger partial charge on any atom is -0.481 e. The number of amides is 1. The largest absolute Gasteiger partial charge is 0.481 e. The third-order valence-electron chi connectivity index (χ3n) is 5.09. The molecule has 0 bridgehead atoms. The number of nitrogens with zero attached hydrogens (tertiary/aromatic N) is 1. The van der Waals surface area contributed by atoms with Gasteiger partial charge in [-0.3, -0.25) is 4.79 Å². The number of carboxylic acids is 1. The van der Waals surface area contributed by atoms with Crippen molar-refractivity contribution in [2.45, 2.75) is 46.1 Å². The number of nitrogens with one attached hydrogen (secondary N) is 1. The molecule has 1 amide bonds. The molecule has 2 rings (SSSR count). The molecule has 3 atom stereocenters. The minimum atomic E-state index is -0.804. The van der Waals surface area contributed by atoms with Gasteiger partial charge in [0.25, 0.3) is 0 Å². The molecule has 0 aromatic carbocycles. The Morgan fingerprint density at radius 2 is 2.00 bits per heavy atom. The molecule has 3 unspecified atom stereocenters. The second kappa shape index (κ2) is 6.07. The lowest BCUT2D eigenvalue weighted by Crippen LogP contribution is -2.59. The Balaban J connectivity index is 2.14. The fraction of sp³-hybridized carbons (Fsp3) is 0.875. The smallest absolute Gasteiger partial charge is 0.410 e. The maximum atomic E-state index is 12.2. The first kappa shape index (κ1) is 17.1. The summed E-state index contributed by atoms with van der Waals surface area (Å²) < 4.78 is 5.39. The lowest BCUT2D eigenvalue weighted by atomic mass is 9.60. The average Bonchev–Trinajstić information content (AvgIpc) is 2.40. The lowest BCUT2D eigenvalue weighted by Gasteiger charge is -2.51. The molecule has 126 valence electrons. The fourth-order valence-corrected chi connectivity index (χ4v) is 3.81. The summed E-state index contributed by atoms with van der Waals surface area (Å²) in [6.45, 7) is 10.1. The summed E-state index contributed by atoms with van der Waals surface area (Å²) in [5.74, 6) is -1.03. The van der Waals surface area contributed by atoms with Crippen LogP contribution in [0.15, 0.2) is 0 Å². The van der Waals surface area contributed by atoms with Crippen molar-refractivity contribution in [1.29, 1.82) is 0 Å². The van der Waals surface area contributed by atoms with Gasteiger partial charge in [0, 0.05) is 13.1 Å². The molecular formula is C16H28N2O4. The van der Waals surface area contributed by atoms with E-state index in [9.17, 15) is 14.7 Å². The van der Waals surface area contributed by atoms with Crippen molar-refractivity contribution < 1.29 is 19.4 Å². The molecule has 6 heteroatoms. The Bertz CT molecular complexity index is 446. The maximum Gasteiger partial charge on any atom is 0.410 e. The molecule has 2 aliphatic rings. The van der Waals surface area contributed by atoms with Crippen molar-refractivity contribution >= 4 is 12.1 Å². The van der Waals surface area contributed by atoms with Crippen LogP contribution in [0, 0.1) is 17.3 Å². The average molecular weight is 312 g/mol. The Labute approximate surface area is 132 Å². The predicted molar refractivity (Wildman–Crippen MR) is 82.6 cm³/mol. The Kier molecular flexibility index (Phi) is 4.70. The summed E-state index contributed by atoms with van der Waals surface area (Å²) in [4.78, 5) is 25.6. The van der Waals surface area contributed by atoms with Gasteiger partial charge in [-0.15, -0.1) is 0 Å². The molecule has 0 radical (unpaired) electrons. The normalized spacial score (nSPS) is 32.8. The van der Waals surface area contributed by atoms with Gasteiger partial charge in [-0.05, 0) is 58.0 Å². The van der Waals surface area contributed by atoms with E-state index in [1.165, 1.54) is 0 Å². The SMILES string of the molecule is CC1CNCCC12CCN(C(=O)OC(C)(C)C)CC2C(=O)O. The molecule has 2 N–H and O–H groups in total. The summed E-state index contributed by atoms with van der Waals surface area (Å²) in [6, 6.07) is 0. The van der Waals surface area contributed by atoms with Gasteiger partial charge in [-0.1, -0.05) is 6.92 Å². The monoisotopic (exact) mass is 312 g/mol. The van der Waals surface area contributed by atoms with Crippen molar-refractivity contribution in [2.75, 3.05) is 26.2 Å².